The molecule has 0 atom stereocenters. The van der Waals surface area contributed by atoms with Gasteiger partial charge in [0.1, 0.15) is 0 Å². The first-order valence-corrected chi connectivity index (χ1v) is 8.38. The maximum Gasteiger partial charge on any atom is 0.164 e. The largest absolute Gasteiger partial charge is 0.493 e. The van der Waals surface area contributed by atoms with E-state index in [0.29, 0.717) is 13.2 Å². The molecule has 2 aromatic rings. The summed E-state index contributed by atoms with van der Waals surface area (Å²) in [4.78, 5) is 0. The normalized spacial score (nSPS) is 10.5. The van der Waals surface area contributed by atoms with E-state index in [1.807, 2.05) is 12.1 Å². The molecule has 0 aliphatic rings. The lowest BCUT2D eigenvalue weighted by molar-refractivity contribution is 0.282. The highest BCUT2D eigenvalue weighted by molar-refractivity contribution is 5.46. The molecule has 0 saturated carbocycles. The second-order valence-corrected chi connectivity index (χ2v) is 5.63. The highest BCUT2D eigenvalue weighted by Gasteiger charge is 2.09. The molecule has 3 nitrogen and oxygen atoms in total. The van der Waals surface area contributed by atoms with E-state index in [0.717, 1.165) is 42.7 Å². The molecule has 2 aromatic carbocycles. The fourth-order valence-electron chi connectivity index (χ4n) is 2.67. The molecule has 2 rings (SSSR count). The summed E-state index contributed by atoms with van der Waals surface area (Å²) in [6.45, 7) is 1.33. The number of aryl methyl sites for hydroxylation is 1. The lowest BCUT2D eigenvalue weighted by atomic mass is 10.1. The number of para-hydroxylation sites is 1. The Bertz CT molecular complexity index is 569. The zero-order valence-electron chi connectivity index (χ0n) is 14.0. The summed E-state index contributed by atoms with van der Waals surface area (Å²) in [7, 11) is 1.67. The number of hydrogen-bond acceptors (Lipinski definition) is 3. The Hall–Kier alpha value is -2.00. The Labute approximate surface area is 139 Å². The predicted octanol–water partition coefficient (Wildman–Crippen LogP) is 3.99. The highest BCUT2D eigenvalue weighted by Crippen LogP contribution is 2.31. The lowest BCUT2D eigenvalue weighted by Crippen LogP contribution is -2.07. The SMILES string of the molecule is COc1cccc(CCN)c1OCCCCCc1ccccc1. The van der Waals surface area contributed by atoms with Crippen LogP contribution in [0.3, 0.4) is 0 Å². The molecule has 23 heavy (non-hydrogen) atoms. The van der Waals surface area contributed by atoms with Gasteiger partial charge >= 0.3 is 0 Å². The van der Waals surface area contributed by atoms with Crippen LogP contribution in [0.1, 0.15) is 30.4 Å². The number of hydrogen-bond donors (Lipinski definition) is 1. The molecule has 0 spiro atoms. The van der Waals surface area contributed by atoms with Crippen LogP contribution in [0.25, 0.3) is 0 Å². The lowest BCUT2D eigenvalue weighted by Gasteiger charge is -2.14. The topological polar surface area (TPSA) is 44.5 Å². The quantitative estimate of drug-likeness (QED) is 0.675. The molecule has 0 bridgehead atoms. The van der Waals surface area contributed by atoms with Gasteiger partial charge in [-0.25, -0.2) is 0 Å². The minimum absolute atomic E-state index is 0.612. The van der Waals surface area contributed by atoms with Crippen LogP contribution in [-0.2, 0) is 12.8 Å². The van der Waals surface area contributed by atoms with Gasteiger partial charge in [0.05, 0.1) is 13.7 Å². The zero-order valence-corrected chi connectivity index (χ0v) is 14.0. The summed E-state index contributed by atoms with van der Waals surface area (Å²) in [6, 6.07) is 16.6. The van der Waals surface area contributed by atoms with E-state index in [-0.39, 0.29) is 0 Å². The molecule has 0 unspecified atom stereocenters. The van der Waals surface area contributed by atoms with Crippen molar-refractivity contribution in [2.45, 2.75) is 32.1 Å². The van der Waals surface area contributed by atoms with Gasteiger partial charge in [0.2, 0.25) is 0 Å². The Morgan fingerprint density at radius 1 is 0.870 bits per heavy atom. The second kappa shape index (κ2) is 9.90. The van der Waals surface area contributed by atoms with E-state index in [1.165, 1.54) is 12.0 Å². The number of unbranched alkanes of at least 4 members (excludes halogenated alkanes) is 2. The van der Waals surface area contributed by atoms with Crippen LogP contribution in [0.2, 0.25) is 0 Å². The Balaban J connectivity index is 1.75. The summed E-state index contributed by atoms with van der Waals surface area (Å²) in [5.74, 6) is 1.64. The van der Waals surface area contributed by atoms with Crippen molar-refractivity contribution in [3.63, 3.8) is 0 Å². The van der Waals surface area contributed by atoms with Crippen molar-refractivity contribution in [2.24, 2.45) is 5.73 Å². The first-order chi connectivity index (χ1) is 11.3. The van der Waals surface area contributed by atoms with E-state index >= 15 is 0 Å². The summed E-state index contributed by atoms with van der Waals surface area (Å²) in [5, 5.41) is 0. The van der Waals surface area contributed by atoms with Gasteiger partial charge in [-0.15, -0.1) is 0 Å². The maximum atomic E-state index is 5.98. The molecule has 0 heterocycles. The standard InChI is InChI=1S/C20H27NO2/c1-22-19-13-8-12-18(14-15-21)20(19)23-16-7-3-6-11-17-9-4-2-5-10-17/h2,4-5,8-10,12-13H,3,6-7,11,14-16,21H2,1H3. The van der Waals surface area contributed by atoms with E-state index in [4.69, 9.17) is 15.2 Å². The first kappa shape index (κ1) is 17.4. The average Bonchev–Trinajstić information content (AvgIpc) is 2.60. The average molecular weight is 313 g/mol. The number of methoxy groups -OCH3 is 1. The fraction of sp³-hybridized carbons (Fsp3) is 0.400. The van der Waals surface area contributed by atoms with Gasteiger partial charge in [0, 0.05) is 0 Å². The molecule has 0 saturated heterocycles. The molecule has 0 aliphatic heterocycles. The number of nitrogens with two attached hydrogens (primary N) is 1. The smallest absolute Gasteiger partial charge is 0.164 e. The molecule has 0 radical (unpaired) electrons. The molecule has 0 fully saturated rings. The van der Waals surface area contributed by atoms with Crippen LogP contribution >= 0.6 is 0 Å². The van der Waals surface area contributed by atoms with Crippen LogP contribution in [-0.4, -0.2) is 20.3 Å². The van der Waals surface area contributed by atoms with Crippen molar-refractivity contribution < 1.29 is 9.47 Å². The van der Waals surface area contributed by atoms with Crippen molar-refractivity contribution >= 4 is 0 Å². The van der Waals surface area contributed by atoms with Crippen molar-refractivity contribution in [3.05, 3.63) is 59.7 Å². The molecule has 0 amide bonds. The third kappa shape index (κ3) is 5.61. The highest BCUT2D eigenvalue weighted by atomic mass is 16.5. The summed E-state index contributed by atoms with van der Waals surface area (Å²) >= 11 is 0. The van der Waals surface area contributed by atoms with Crippen LogP contribution in [0.4, 0.5) is 0 Å². The van der Waals surface area contributed by atoms with Crippen molar-refractivity contribution in [1.29, 1.82) is 0 Å². The van der Waals surface area contributed by atoms with Gasteiger partial charge in [-0.2, -0.15) is 0 Å². The van der Waals surface area contributed by atoms with Gasteiger partial charge in [0.15, 0.2) is 11.5 Å². The number of ether oxygens (including phenoxy) is 2. The molecular formula is C20H27NO2. The zero-order chi connectivity index (χ0) is 16.3. The maximum absolute atomic E-state index is 5.98. The van der Waals surface area contributed by atoms with E-state index in [9.17, 15) is 0 Å². The van der Waals surface area contributed by atoms with Crippen molar-refractivity contribution in [1.82, 2.24) is 0 Å². The Kier molecular flexibility index (Phi) is 7.47. The van der Waals surface area contributed by atoms with Gasteiger partial charge < -0.3 is 15.2 Å². The summed E-state index contributed by atoms with van der Waals surface area (Å²) < 4.78 is 11.4. The van der Waals surface area contributed by atoms with Crippen molar-refractivity contribution in [2.75, 3.05) is 20.3 Å². The predicted molar refractivity (Wildman–Crippen MR) is 95.2 cm³/mol. The van der Waals surface area contributed by atoms with E-state index < -0.39 is 0 Å². The molecule has 0 aliphatic carbocycles. The van der Waals surface area contributed by atoms with Gasteiger partial charge in [0.25, 0.3) is 0 Å². The minimum atomic E-state index is 0.612. The fourth-order valence-corrected chi connectivity index (χ4v) is 2.67. The summed E-state index contributed by atoms with van der Waals surface area (Å²) in [6.07, 6.45) is 5.34. The van der Waals surface area contributed by atoms with Crippen LogP contribution in [0.15, 0.2) is 48.5 Å². The van der Waals surface area contributed by atoms with Gasteiger partial charge in [-0.05, 0) is 55.8 Å². The number of benzene rings is 2. The first-order valence-electron chi connectivity index (χ1n) is 8.38. The molecule has 2 N–H and O–H groups in total. The van der Waals surface area contributed by atoms with Crippen LogP contribution in [0, 0.1) is 0 Å². The Morgan fingerprint density at radius 3 is 2.43 bits per heavy atom. The Morgan fingerprint density at radius 2 is 1.70 bits per heavy atom. The molecular weight excluding hydrogens is 286 g/mol. The molecule has 3 heteroatoms. The second-order valence-electron chi connectivity index (χ2n) is 5.63. The van der Waals surface area contributed by atoms with E-state index in [2.05, 4.69) is 36.4 Å². The van der Waals surface area contributed by atoms with Crippen molar-refractivity contribution in [3.8, 4) is 11.5 Å². The van der Waals surface area contributed by atoms with E-state index in [1.54, 1.807) is 7.11 Å². The third-order valence-corrected chi connectivity index (χ3v) is 3.89. The van der Waals surface area contributed by atoms with Gasteiger partial charge in [-0.3, -0.25) is 0 Å². The number of rotatable bonds is 10. The van der Waals surface area contributed by atoms with Gasteiger partial charge in [-0.1, -0.05) is 42.5 Å². The van der Waals surface area contributed by atoms with Crippen LogP contribution in [0.5, 0.6) is 11.5 Å². The minimum Gasteiger partial charge on any atom is -0.493 e. The van der Waals surface area contributed by atoms with Crippen LogP contribution < -0.4 is 15.2 Å². The monoisotopic (exact) mass is 313 g/mol. The molecule has 124 valence electrons. The molecule has 0 aromatic heterocycles. The summed E-state index contributed by atoms with van der Waals surface area (Å²) in [5.41, 5.74) is 8.20. The third-order valence-electron chi connectivity index (χ3n) is 3.89.